The van der Waals surface area contributed by atoms with E-state index in [4.69, 9.17) is 4.98 Å². The van der Waals surface area contributed by atoms with E-state index in [1.54, 1.807) is 24.2 Å². The first kappa shape index (κ1) is 22.3. The number of likely N-dealkylation sites (N-methyl/N-ethyl adjacent to an activating group) is 1. The number of hydrogen-bond acceptors (Lipinski definition) is 8. The number of carbonyl (C=O) groups excluding carboxylic acids is 1. The molecule has 0 aliphatic carbocycles. The molecule has 36 heavy (non-hydrogen) atoms. The minimum atomic E-state index is -1.49. The van der Waals surface area contributed by atoms with Gasteiger partial charge in [-0.15, -0.1) is 11.3 Å². The van der Waals surface area contributed by atoms with E-state index >= 15 is 0 Å². The minimum absolute atomic E-state index is 0.277. The molecule has 6 rings (SSSR count). The number of aliphatic hydroxyl groups is 1. The van der Waals surface area contributed by atoms with Crippen molar-refractivity contribution >= 4 is 40.2 Å². The third kappa shape index (κ3) is 3.71. The van der Waals surface area contributed by atoms with Gasteiger partial charge in [0.2, 0.25) is 11.9 Å². The van der Waals surface area contributed by atoms with Crippen LogP contribution < -0.4 is 5.32 Å². The Labute approximate surface area is 211 Å². The second-order valence-electron chi connectivity index (χ2n) is 8.83. The zero-order chi connectivity index (χ0) is 24.9. The number of thiazole rings is 1. The summed E-state index contributed by atoms with van der Waals surface area (Å²) in [5, 5.41) is 16.9. The second kappa shape index (κ2) is 8.51. The molecule has 0 spiro atoms. The molecule has 1 saturated heterocycles. The van der Waals surface area contributed by atoms with E-state index in [1.807, 2.05) is 65.5 Å². The van der Waals surface area contributed by atoms with Crippen LogP contribution in [-0.2, 0) is 17.4 Å². The molecule has 0 radical (unpaired) electrons. The molecule has 0 unspecified atom stereocenters. The van der Waals surface area contributed by atoms with Crippen molar-refractivity contribution in [2.45, 2.75) is 12.0 Å². The lowest BCUT2D eigenvalue weighted by molar-refractivity contribution is -0.143. The molecule has 1 amide bonds. The monoisotopic (exact) mass is 497 g/mol. The number of likely N-dealkylation sites (tertiary alicyclic amines) is 1. The molecular weight excluding hydrogens is 474 g/mol. The number of imidazole rings is 1. The molecule has 1 aliphatic rings. The van der Waals surface area contributed by atoms with Crippen molar-refractivity contribution in [3.8, 4) is 22.0 Å². The number of para-hydroxylation sites is 2. The highest BCUT2D eigenvalue weighted by Gasteiger charge is 2.45. The standard InChI is InChI=1S/C26H23N7O2S/c1-32-13-11-26(35,23(32)34)17-7-5-6-16(14-17)22-28-20(15-36-22)18-10-12-27-24(29-18)31-25-30-19-8-3-4-9-21(19)33(25)2/h3-10,12,14-15,35H,11,13H2,1-2H3,(H,27,29,30,31)/t26-/m1/s1. The summed E-state index contributed by atoms with van der Waals surface area (Å²) in [6, 6.07) is 17.1. The largest absolute Gasteiger partial charge is 0.375 e. The highest BCUT2D eigenvalue weighted by molar-refractivity contribution is 7.13. The first-order valence-corrected chi connectivity index (χ1v) is 12.4. The van der Waals surface area contributed by atoms with Gasteiger partial charge in [0.05, 0.1) is 16.7 Å². The molecule has 2 N–H and O–H groups in total. The lowest BCUT2D eigenvalue weighted by Crippen LogP contribution is -2.36. The van der Waals surface area contributed by atoms with Crippen LogP contribution in [0.3, 0.4) is 0 Å². The molecule has 1 fully saturated rings. The highest BCUT2D eigenvalue weighted by Crippen LogP contribution is 2.36. The number of carbonyl (C=O) groups is 1. The van der Waals surface area contributed by atoms with Gasteiger partial charge < -0.3 is 14.6 Å². The van der Waals surface area contributed by atoms with Crippen LogP contribution in [-0.4, -0.2) is 54.0 Å². The van der Waals surface area contributed by atoms with Gasteiger partial charge in [-0.2, -0.15) is 0 Å². The van der Waals surface area contributed by atoms with Gasteiger partial charge in [0.1, 0.15) is 10.7 Å². The molecule has 180 valence electrons. The number of aryl methyl sites for hydroxylation is 1. The summed E-state index contributed by atoms with van der Waals surface area (Å²) in [7, 11) is 3.65. The van der Waals surface area contributed by atoms with Crippen LogP contribution in [0.1, 0.15) is 12.0 Å². The molecule has 1 atom stereocenters. The van der Waals surface area contributed by atoms with E-state index in [0.717, 1.165) is 21.6 Å². The summed E-state index contributed by atoms with van der Waals surface area (Å²) >= 11 is 1.48. The molecule has 9 nitrogen and oxygen atoms in total. The lowest BCUT2D eigenvalue weighted by atomic mass is 9.91. The number of amides is 1. The van der Waals surface area contributed by atoms with Crippen LogP contribution in [0.2, 0.25) is 0 Å². The molecule has 0 saturated carbocycles. The van der Waals surface area contributed by atoms with E-state index in [2.05, 4.69) is 20.3 Å². The molecule has 3 aromatic heterocycles. The summed E-state index contributed by atoms with van der Waals surface area (Å²) in [5.41, 5.74) is 3.23. The molecule has 4 heterocycles. The highest BCUT2D eigenvalue weighted by atomic mass is 32.1. The van der Waals surface area contributed by atoms with Crippen molar-refractivity contribution in [2.24, 2.45) is 7.05 Å². The maximum Gasteiger partial charge on any atom is 0.258 e. The third-order valence-electron chi connectivity index (χ3n) is 6.53. The fourth-order valence-electron chi connectivity index (χ4n) is 4.47. The Morgan fingerprint density at radius 3 is 2.69 bits per heavy atom. The van der Waals surface area contributed by atoms with Crippen LogP contribution in [0.15, 0.2) is 66.2 Å². The fourth-order valence-corrected chi connectivity index (χ4v) is 5.28. The third-order valence-corrected chi connectivity index (χ3v) is 7.42. The number of hydrogen-bond donors (Lipinski definition) is 2. The normalized spacial score (nSPS) is 17.8. The smallest absolute Gasteiger partial charge is 0.258 e. The van der Waals surface area contributed by atoms with E-state index in [0.29, 0.717) is 41.8 Å². The van der Waals surface area contributed by atoms with Gasteiger partial charge in [-0.3, -0.25) is 10.1 Å². The number of nitrogens with zero attached hydrogens (tertiary/aromatic N) is 6. The van der Waals surface area contributed by atoms with E-state index in [1.165, 1.54) is 11.3 Å². The van der Waals surface area contributed by atoms with Gasteiger partial charge in [-0.05, 0) is 29.8 Å². The molecule has 10 heteroatoms. The Hall–Kier alpha value is -4.15. The van der Waals surface area contributed by atoms with Crippen LogP contribution in [0.4, 0.5) is 11.9 Å². The number of nitrogens with one attached hydrogen (secondary N) is 1. The second-order valence-corrected chi connectivity index (χ2v) is 9.69. The maximum atomic E-state index is 12.5. The van der Waals surface area contributed by atoms with Crippen molar-refractivity contribution in [2.75, 3.05) is 18.9 Å². The first-order valence-electron chi connectivity index (χ1n) is 11.5. The Morgan fingerprint density at radius 2 is 1.89 bits per heavy atom. The Kier molecular flexibility index (Phi) is 5.27. The van der Waals surface area contributed by atoms with Gasteiger partial charge in [-0.1, -0.05) is 30.3 Å². The Balaban J connectivity index is 1.27. The van der Waals surface area contributed by atoms with Crippen LogP contribution in [0.5, 0.6) is 0 Å². The van der Waals surface area contributed by atoms with Crippen LogP contribution in [0, 0.1) is 0 Å². The SMILES string of the molecule is CN1CC[C@@](O)(c2cccc(-c3nc(-c4ccnc(Nc5nc6ccccc6n5C)n4)cs3)c2)C1=O. The van der Waals surface area contributed by atoms with Crippen molar-refractivity contribution in [3.63, 3.8) is 0 Å². The summed E-state index contributed by atoms with van der Waals surface area (Å²) in [4.78, 5) is 32.5. The molecule has 5 aromatic rings. The number of benzene rings is 2. The Bertz CT molecular complexity index is 1610. The topological polar surface area (TPSA) is 109 Å². The zero-order valence-corrected chi connectivity index (χ0v) is 20.5. The number of fused-ring (bicyclic) bond motifs is 1. The predicted molar refractivity (Wildman–Crippen MR) is 139 cm³/mol. The van der Waals surface area contributed by atoms with Crippen molar-refractivity contribution in [1.82, 2.24) is 29.4 Å². The lowest BCUT2D eigenvalue weighted by Gasteiger charge is -2.21. The average molecular weight is 498 g/mol. The predicted octanol–water partition coefficient (Wildman–Crippen LogP) is 3.95. The van der Waals surface area contributed by atoms with Gasteiger partial charge in [-0.25, -0.2) is 19.9 Å². The van der Waals surface area contributed by atoms with Gasteiger partial charge in [0, 0.05) is 44.2 Å². The quantitative estimate of drug-likeness (QED) is 0.378. The van der Waals surface area contributed by atoms with E-state index < -0.39 is 5.60 Å². The summed E-state index contributed by atoms with van der Waals surface area (Å²) in [6.07, 6.45) is 2.06. The fraction of sp³-hybridized carbons (Fsp3) is 0.192. The van der Waals surface area contributed by atoms with Crippen LogP contribution in [0.25, 0.3) is 33.0 Å². The van der Waals surface area contributed by atoms with Gasteiger partial charge in [0.25, 0.3) is 5.91 Å². The number of anilines is 2. The van der Waals surface area contributed by atoms with Gasteiger partial charge >= 0.3 is 0 Å². The Morgan fingerprint density at radius 1 is 1.03 bits per heavy atom. The molecule has 2 aromatic carbocycles. The van der Waals surface area contributed by atoms with E-state index in [-0.39, 0.29) is 5.91 Å². The maximum absolute atomic E-state index is 12.5. The summed E-state index contributed by atoms with van der Waals surface area (Å²) in [6.45, 7) is 0.527. The molecule has 1 aliphatic heterocycles. The molecular formula is C26H23N7O2S. The van der Waals surface area contributed by atoms with E-state index in [9.17, 15) is 9.90 Å². The van der Waals surface area contributed by atoms with Crippen molar-refractivity contribution < 1.29 is 9.90 Å². The van der Waals surface area contributed by atoms with Crippen LogP contribution >= 0.6 is 11.3 Å². The summed E-state index contributed by atoms with van der Waals surface area (Å²) in [5.74, 6) is 0.795. The number of rotatable bonds is 5. The van der Waals surface area contributed by atoms with Crippen molar-refractivity contribution in [1.29, 1.82) is 0 Å². The summed E-state index contributed by atoms with van der Waals surface area (Å²) < 4.78 is 1.96. The minimum Gasteiger partial charge on any atom is -0.375 e. The van der Waals surface area contributed by atoms with Gasteiger partial charge in [0.15, 0.2) is 5.60 Å². The molecule has 0 bridgehead atoms. The number of aromatic nitrogens is 5. The average Bonchev–Trinajstić information content (AvgIpc) is 3.59. The zero-order valence-electron chi connectivity index (χ0n) is 19.7. The first-order chi connectivity index (χ1) is 17.4. The van der Waals surface area contributed by atoms with Crippen molar-refractivity contribution in [3.05, 3.63) is 71.7 Å².